The molecule has 5 nitrogen and oxygen atoms in total. The third kappa shape index (κ3) is 1.71. The fourth-order valence-electron chi connectivity index (χ4n) is 1.54. The lowest BCUT2D eigenvalue weighted by Gasteiger charge is -2.06. The summed E-state index contributed by atoms with van der Waals surface area (Å²) in [7, 11) is 0. The zero-order valence-corrected chi connectivity index (χ0v) is 8.30. The zero-order chi connectivity index (χ0) is 11.9. The number of Topliss-reactive ketones (excluding diaryl/α,β-unsaturated/α-hetero) is 1. The number of carbonyl (C=O) groups excluding carboxylic acids is 1. The molecule has 0 radical (unpaired) electrons. The Balaban J connectivity index is 2.46. The molecule has 0 amide bonds. The van der Waals surface area contributed by atoms with E-state index in [0.717, 1.165) is 25.0 Å². The predicted molar refractivity (Wildman–Crippen MR) is 53.8 cm³/mol. The second kappa shape index (κ2) is 3.52. The van der Waals surface area contributed by atoms with Crippen LogP contribution in [-0.4, -0.2) is 27.1 Å². The molecule has 1 aromatic rings. The standard InChI is InChI=1S/C11H10O5/c12-7-3-6(11(15)16)4-8(13)9(7)10(14)5-1-2-5/h3-5,12-13H,1-2H2,(H,15,16). The second-order valence-electron chi connectivity index (χ2n) is 3.83. The Morgan fingerprint density at radius 1 is 1.12 bits per heavy atom. The minimum absolute atomic E-state index is 0.146. The average Bonchev–Trinajstić information content (AvgIpc) is 2.98. The summed E-state index contributed by atoms with van der Waals surface area (Å²) in [6.45, 7) is 0. The number of hydrogen-bond acceptors (Lipinski definition) is 4. The van der Waals surface area contributed by atoms with Gasteiger partial charge in [-0.1, -0.05) is 0 Å². The van der Waals surface area contributed by atoms with Crippen molar-refractivity contribution in [1.82, 2.24) is 0 Å². The Morgan fingerprint density at radius 2 is 1.62 bits per heavy atom. The average molecular weight is 222 g/mol. The molecule has 16 heavy (non-hydrogen) atoms. The molecule has 0 spiro atoms. The van der Waals surface area contributed by atoms with Gasteiger partial charge in [-0.05, 0) is 25.0 Å². The molecule has 0 unspecified atom stereocenters. The quantitative estimate of drug-likeness (QED) is 0.671. The van der Waals surface area contributed by atoms with Gasteiger partial charge in [0.05, 0.1) is 5.56 Å². The summed E-state index contributed by atoms with van der Waals surface area (Å²) in [6, 6.07) is 1.94. The summed E-state index contributed by atoms with van der Waals surface area (Å²) >= 11 is 0. The number of benzene rings is 1. The molecule has 0 heterocycles. The summed E-state index contributed by atoms with van der Waals surface area (Å²) < 4.78 is 0. The molecule has 0 saturated heterocycles. The normalized spacial score (nSPS) is 14.8. The fourth-order valence-corrected chi connectivity index (χ4v) is 1.54. The SMILES string of the molecule is O=C(O)c1cc(O)c(C(=O)C2CC2)c(O)c1. The van der Waals surface area contributed by atoms with Crippen molar-refractivity contribution in [2.45, 2.75) is 12.8 Å². The highest BCUT2D eigenvalue weighted by Crippen LogP contribution is 2.38. The van der Waals surface area contributed by atoms with Crippen LogP contribution in [0.3, 0.4) is 0 Å². The maximum absolute atomic E-state index is 11.7. The lowest BCUT2D eigenvalue weighted by Crippen LogP contribution is -2.04. The van der Waals surface area contributed by atoms with Crippen LogP contribution in [0, 0.1) is 5.92 Å². The number of ketones is 1. The van der Waals surface area contributed by atoms with Crippen molar-refractivity contribution in [3.8, 4) is 11.5 Å². The van der Waals surface area contributed by atoms with Gasteiger partial charge in [0.25, 0.3) is 0 Å². The summed E-state index contributed by atoms with van der Waals surface area (Å²) in [5.41, 5.74) is -0.421. The maximum atomic E-state index is 11.7. The van der Waals surface area contributed by atoms with Crippen molar-refractivity contribution in [3.63, 3.8) is 0 Å². The van der Waals surface area contributed by atoms with Crippen LogP contribution in [0.25, 0.3) is 0 Å². The topological polar surface area (TPSA) is 94.8 Å². The van der Waals surface area contributed by atoms with Crippen molar-refractivity contribution in [2.75, 3.05) is 0 Å². The van der Waals surface area contributed by atoms with Crippen LogP contribution >= 0.6 is 0 Å². The van der Waals surface area contributed by atoms with Gasteiger partial charge in [-0.15, -0.1) is 0 Å². The van der Waals surface area contributed by atoms with Crippen LogP contribution in [0.5, 0.6) is 11.5 Å². The first-order valence-electron chi connectivity index (χ1n) is 4.84. The van der Waals surface area contributed by atoms with E-state index in [1.165, 1.54) is 0 Å². The molecule has 84 valence electrons. The first-order chi connectivity index (χ1) is 7.50. The van der Waals surface area contributed by atoms with E-state index in [1.54, 1.807) is 0 Å². The Bertz CT molecular complexity index is 450. The van der Waals surface area contributed by atoms with Crippen LogP contribution in [0.4, 0.5) is 0 Å². The van der Waals surface area contributed by atoms with Gasteiger partial charge in [0.2, 0.25) is 0 Å². The van der Waals surface area contributed by atoms with E-state index >= 15 is 0 Å². The molecule has 3 N–H and O–H groups in total. The van der Waals surface area contributed by atoms with E-state index < -0.39 is 17.5 Å². The highest BCUT2D eigenvalue weighted by Gasteiger charge is 2.34. The molecule has 0 bridgehead atoms. The van der Waals surface area contributed by atoms with Gasteiger partial charge in [-0.2, -0.15) is 0 Å². The minimum atomic E-state index is -1.27. The van der Waals surface area contributed by atoms with Crippen LogP contribution in [-0.2, 0) is 0 Å². The minimum Gasteiger partial charge on any atom is -0.507 e. The third-order valence-electron chi connectivity index (χ3n) is 2.54. The Labute approximate surface area is 91.0 Å². The van der Waals surface area contributed by atoms with Crippen LogP contribution in [0.2, 0.25) is 0 Å². The van der Waals surface area contributed by atoms with Crippen molar-refractivity contribution >= 4 is 11.8 Å². The smallest absolute Gasteiger partial charge is 0.335 e. The first kappa shape index (κ1) is 10.5. The number of carboxylic acids is 1. The molecule has 5 heteroatoms. The molecular formula is C11H10O5. The number of phenols is 2. The Kier molecular flexibility index (Phi) is 2.30. The molecule has 0 aliphatic heterocycles. The van der Waals surface area contributed by atoms with E-state index in [4.69, 9.17) is 5.11 Å². The number of rotatable bonds is 3. The van der Waals surface area contributed by atoms with Gasteiger partial charge in [0.1, 0.15) is 17.1 Å². The van der Waals surface area contributed by atoms with E-state index in [2.05, 4.69) is 0 Å². The predicted octanol–water partition coefficient (Wildman–Crippen LogP) is 1.39. The van der Waals surface area contributed by atoms with Gasteiger partial charge < -0.3 is 15.3 Å². The molecule has 1 saturated carbocycles. The number of carboxylic acid groups (broad SMARTS) is 1. The van der Waals surface area contributed by atoms with E-state index in [-0.39, 0.29) is 22.8 Å². The molecule has 0 atom stereocenters. The van der Waals surface area contributed by atoms with Crippen molar-refractivity contribution < 1.29 is 24.9 Å². The molecule has 2 rings (SSSR count). The van der Waals surface area contributed by atoms with Crippen LogP contribution < -0.4 is 0 Å². The second-order valence-corrected chi connectivity index (χ2v) is 3.83. The number of aromatic carboxylic acids is 1. The summed E-state index contributed by atoms with van der Waals surface area (Å²) in [4.78, 5) is 22.3. The van der Waals surface area contributed by atoms with Gasteiger partial charge in [-0.3, -0.25) is 4.79 Å². The number of hydrogen-bond donors (Lipinski definition) is 3. The van der Waals surface area contributed by atoms with E-state index in [9.17, 15) is 19.8 Å². The van der Waals surface area contributed by atoms with Gasteiger partial charge >= 0.3 is 5.97 Å². The fraction of sp³-hybridized carbons (Fsp3) is 0.273. The lowest BCUT2D eigenvalue weighted by atomic mass is 10.0. The van der Waals surface area contributed by atoms with Gasteiger partial charge in [-0.25, -0.2) is 4.79 Å². The largest absolute Gasteiger partial charge is 0.507 e. The summed E-state index contributed by atoms with van der Waals surface area (Å²) in [5, 5.41) is 27.7. The Hall–Kier alpha value is -2.04. The van der Waals surface area contributed by atoms with Crippen LogP contribution in [0.1, 0.15) is 33.6 Å². The van der Waals surface area contributed by atoms with E-state index in [1.807, 2.05) is 0 Å². The highest BCUT2D eigenvalue weighted by molar-refractivity contribution is 6.05. The van der Waals surface area contributed by atoms with Crippen molar-refractivity contribution in [1.29, 1.82) is 0 Å². The molecular weight excluding hydrogens is 212 g/mol. The van der Waals surface area contributed by atoms with Crippen LogP contribution in [0.15, 0.2) is 12.1 Å². The molecule has 1 aliphatic rings. The summed E-state index contributed by atoms with van der Waals surface area (Å²) in [5.74, 6) is -2.70. The molecule has 1 aliphatic carbocycles. The number of phenolic OH excluding ortho intramolecular Hbond substituents is 2. The molecule has 0 aromatic heterocycles. The first-order valence-corrected chi connectivity index (χ1v) is 4.84. The van der Waals surface area contributed by atoms with Gasteiger partial charge in [0, 0.05) is 5.92 Å². The molecule has 1 fully saturated rings. The molecule has 1 aromatic carbocycles. The number of aromatic hydroxyl groups is 2. The Morgan fingerprint density at radius 3 is 2.00 bits per heavy atom. The third-order valence-corrected chi connectivity index (χ3v) is 2.54. The highest BCUT2D eigenvalue weighted by atomic mass is 16.4. The monoisotopic (exact) mass is 222 g/mol. The number of carbonyl (C=O) groups is 2. The van der Waals surface area contributed by atoms with Gasteiger partial charge in [0.15, 0.2) is 5.78 Å². The zero-order valence-electron chi connectivity index (χ0n) is 8.30. The summed E-state index contributed by atoms with van der Waals surface area (Å²) in [6.07, 6.45) is 1.50. The lowest BCUT2D eigenvalue weighted by molar-refractivity contribution is 0.0695. The van der Waals surface area contributed by atoms with Crippen molar-refractivity contribution in [3.05, 3.63) is 23.3 Å². The van der Waals surface area contributed by atoms with E-state index in [0.29, 0.717) is 0 Å². The maximum Gasteiger partial charge on any atom is 0.335 e. The van der Waals surface area contributed by atoms with Crippen molar-refractivity contribution in [2.24, 2.45) is 5.92 Å².